The number of para-hydroxylation sites is 4. The molecule has 2 unspecified atom stereocenters. The molecule has 8 aromatic rings. The van der Waals surface area contributed by atoms with E-state index in [1.165, 1.54) is 50.0 Å². The second kappa shape index (κ2) is 16.2. The number of hydrogen-bond acceptors (Lipinski definition) is 3. The summed E-state index contributed by atoms with van der Waals surface area (Å²) in [7, 11) is 0. The maximum Gasteiger partial charge on any atom is 0.145 e. The van der Waals surface area contributed by atoms with Crippen LogP contribution in [0.2, 0.25) is 0 Å². The molecule has 0 saturated carbocycles. The number of allylic oxidation sites excluding steroid dienone is 2. The van der Waals surface area contributed by atoms with Crippen molar-refractivity contribution in [3.05, 3.63) is 191 Å². The Kier molecular flexibility index (Phi) is 10.2. The standard InChI is InChI=1S/C61H59N5/c1-8-35-64-56-48(40-27-31-42(32-28-40)58-62-52-23-15-17-25-54(52)65(58)46-19-11-9-12-20-46)36-44(60(2,3)4)38-50(56)51-39-45(61(5,6)7)37-49(57(51)64)41-29-33-43(34-30-41)59-63-53-24-16-18-26-55(53)66(59)47-21-13-10-14-22-47/h9-15,17,19-34,36-39,51,57H,8,16,18,35H2,1-7H3. The smallest absolute Gasteiger partial charge is 0.145 e. The summed E-state index contributed by atoms with van der Waals surface area (Å²) in [6.07, 6.45) is 12.9. The van der Waals surface area contributed by atoms with Gasteiger partial charge in [0.15, 0.2) is 0 Å². The van der Waals surface area contributed by atoms with Crippen LogP contribution in [0.5, 0.6) is 0 Å². The zero-order valence-electron chi connectivity index (χ0n) is 39.4. The first kappa shape index (κ1) is 41.7. The maximum absolute atomic E-state index is 5.26. The first-order valence-corrected chi connectivity index (χ1v) is 23.9. The molecular weight excluding hydrogens is 803 g/mol. The fourth-order valence-corrected chi connectivity index (χ4v) is 10.6. The molecular formula is C61H59N5. The van der Waals surface area contributed by atoms with Crippen molar-refractivity contribution >= 4 is 34.4 Å². The highest BCUT2D eigenvalue weighted by Crippen LogP contribution is 2.55. The molecule has 0 bridgehead atoms. The summed E-state index contributed by atoms with van der Waals surface area (Å²) in [4.78, 5) is 13.2. The first-order chi connectivity index (χ1) is 32.0. The Morgan fingerprint density at radius 3 is 1.83 bits per heavy atom. The summed E-state index contributed by atoms with van der Waals surface area (Å²) >= 11 is 0. The van der Waals surface area contributed by atoms with E-state index in [1.807, 2.05) is 0 Å². The third kappa shape index (κ3) is 7.17. The van der Waals surface area contributed by atoms with Crippen LogP contribution in [0.3, 0.4) is 0 Å². The molecule has 5 nitrogen and oxygen atoms in total. The number of anilines is 1. The highest BCUT2D eigenvalue weighted by molar-refractivity contribution is 5.92. The van der Waals surface area contributed by atoms with Crippen LogP contribution in [0, 0.1) is 5.41 Å². The van der Waals surface area contributed by atoms with Crippen LogP contribution in [-0.4, -0.2) is 31.7 Å². The highest BCUT2D eigenvalue weighted by atomic mass is 15.2. The number of nitrogens with zero attached hydrogens (tertiary/aromatic N) is 5. The van der Waals surface area contributed by atoms with E-state index in [0.29, 0.717) is 0 Å². The molecule has 5 heteroatoms. The number of rotatable bonds is 8. The zero-order chi connectivity index (χ0) is 45.3. The van der Waals surface area contributed by atoms with Crippen LogP contribution in [0.15, 0.2) is 163 Å². The van der Waals surface area contributed by atoms with E-state index in [-0.39, 0.29) is 22.8 Å². The second-order valence-corrected chi connectivity index (χ2v) is 20.5. The van der Waals surface area contributed by atoms with Crippen molar-refractivity contribution in [3.8, 4) is 45.3 Å². The van der Waals surface area contributed by atoms with Gasteiger partial charge in [-0.15, -0.1) is 0 Å². The number of benzene rings is 6. The predicted molar refractivity (Wildman–Crippen MR) is 277 cm³/mol. The third-order valence-corrected chi connectivity index (χ3v) is 14.0. The monoisotopic (exact) mass is 861 g/mol. The Morgan fingerprint density at radius 1 is 0.591 bits per heavy atom. The fourth-order valence-electron chi connectivity index (χ4n) is 10.6. The van der Waals surface area contributed by atoms with Gasteiger partial charge in [0.05, 0.1) is 27.8 Å². The second-order valence-electron chi connectivity index (χ2n) is 20.5. The molecule has 328 valence electrons. The van der Waals surface area contributed by atoms with Crippen molar-refractivity contribution in [2.75, 3.05) is 11.4 Å². The summed E-state index contributed by atoms with van der Waals surface area (Å²) in [6, 6.07) is 53.4. The summed E-state index contributed by atoms with van der Waals surface area (Å²) in [5, 5.41) is 2.27. The van der Waals surface area contributed by atoms with E-state index in [2.05, 4.69) is 232 Å². The Balaban J connectivity index is 1.04. The fraction of sp³-hybridized carbons (Fsp3) is 0.246. The number of imidazole rings is 2. The SMILES string of the molecule is CCCN1c2c(-c3ccc(-c4nc5ccccc5n4-c4ccccc4)cc3)cc(C(C)(C)C)cc2C2C=C(C(C)(C)C)C=C(c3ccc(-c4nc5c(n4-c4ccccc4)=CCCC=5)cc3)C21. The minimum atomic E-state index is -0.0438. The molecule has 2 atom stereocenters. The van der Waals surface area contributed by atoms with Crippen molar-refractivity contribution in [2.45, 2.75) is 85.1 Å². The van der Waals surface area contributed by atoms with Gasteiger partial charge < -0.3 is 4.90 Å². The van der Waals surface area contributed by atoms with Gasteiger partial charge in [-0.3, -0.25) is 9.13 Å². The molecule has 2 aliphatic carbocycles. The molecule has 0 fully saturated rings. The quantitative estimate of drug-likeness (QED) is 0.153. The van der Waals surface area contributed by atoms with Gasteiger partial charge in [0.1, 0.15) is 11.6 Å². The molecule has 2 aromatic heterocycles. The molecule has 0 radical (unpaired) electrons. The molecule has 3 aliphatic rings. The molecule has 0 spiro atoms. The van der Waals surface area contributed by atoms with Gasteiger partial charge in [-0.25, -0.2) is 9.97 Å². The molecule has 1 aliphatic heterocycles. The average molecular weight is 862 g/mol. The lowest BCUT2D eigenvalue weighted by Gasteiger charge is -2.37. The van der Waals surface area contributed by atoms with Gasteiger partial charge in [0.2, 0.25) is 0 Å². The lowest BCUT2D eigenvalue weighted by molar-refractivity contribution is 0.507. The number of fused-ring (bicyclic) bond motifs is 5. The van der Waals surface area contributed by atoms with Crippen LogP contribution in [0.4, 0.5) is 5.69 Å². The van der Waals surface area contributed by atoms with Crippen LogP contribution in [-0.2, 0) is 5.41 Å². The molecule has 66 heavy (non-hydrogen) atoms. The Bertz CT molecular complexity index is 3310. The van der Waals surface area contributed by atoms with Crippen LogP contribution in [0.1, 0.15) is 90.3 Å². The van der Waals surface area contributed by atoms with Crippen LogP contribution < -0.4 is 15.6 Å². The minimum absolute atomic E-state index is 0.0302. The van der Waals surface area contributed by atoms with Crippen molar-refractivity contribution < 1.29 is 0 Å². The average Bonchev–Trinajstić information content (AvgIpc) is 4.02. The summed E-state index contributed by atoms with van der Waals surface area (Å²) < 4.78 is 4.63. The van der Waals surface area contributed by atoms with Crippen molar-refractivity contribution in [1.82, 2.24) is 19.1 Å². The summed E-state index contributed by atoms with van der Waals surface area (Å²) in [6.45, 7) is 17.4. The van der Waals surface area contributed by atoms with Crippen molar-refractivity contribution in [3.63, 3.8) is 0 Å². The number of hydrogen-bond donors (Lipinski definition) is 0. The summed E-state index contributed by atoms with van der Waals surface area (Å²) in [5.41, 5.74) is 17.2. The normalized spacial score (nSPS) is 16.8. The van der Waals surface area contributed by atoms with E-state index >= 15 is 0 Å². The minimum Gasteiger partial charge on any atom is -0.363 e. The topological polar surface area (TPSA) is 38.9 Å². The third-order valence-electron chi connectivity index (χ3n) is 14.0. The lowest BCUT2D eigenvalue weighted by atomic mass is 9.73. The van der Waals surface area contributed by atoms with Crippen LogP contribution >= 0.6 is 0 Å². The van der Waals surface area contributed by atoms with Gasteiger partial charge in [0, 0.05) is 46.2 Å². The predicted octanol–water partition coefficient (Wildman–Crippen LogP) is 13.6. The molecule has 3 heterocycles. The lowest BCUT2D eigenvalue weighted by Crippen LogP contribution is -2.37. The van der Waals surface area contributed by atoms with Gasteiger partial charge in [-0.1, -0.05) is 176 Å². The Labute approximate surface area is 389 Å². The van der Waals surface area contributed by atoms with Crippen molar-refractivity contribution in [1.29, 1.82) is 0 Å². The van der Waals surface area contributed by atoms with Gasteiger partial charge in [0.25, 0.3) is 0 Å². The molecule has 0 saturated heterocycles. The molecule has 6 aromatic carbocycles. The Hall–Kier alpha value is -6.98. The van der Waals surface area contributed by atoms with E-state index in [4.69, 9.17) is 9.97 Å². The summed E-state index contributed by atoms with van der Waals surface area (Å²) in [5.74, 6) is 2.13. The maximum atomic E-state index is 5.26. The van der Waals surface area contributed by atoms with Crippen LogP contribution in [0.25, 0.3) is 74.0 Å². The van der Waals surface area contributed by atoms with E-state index in [0.717, 1.165) is 76.3 Å². The first-order valence-electron chi connectivity index (χ1n) is 23.9. The molecule has 0 N–H and O–H groups in total. The number of aromatic nitrogens is 4. The van der Waals surface area contributed by atoms with Gasteiger partial charge in [-0.05, 0) is 106 Å². The molecule has 11 rings (SSSR count). The van der Waals surface area contributed by atoms with E-state index in [9.17, 15) is 0 Å². The zero-order valence-corrected chi connectivity index (χ0v) is 39.4. The van der Waals surface area contributed by atoms with E-state index < -0.39 is 0 Å². The Morgan fingerprint density at radius 2 is 1.18 bits per heavy atom. The van der Waals surface area contributed by atoms with Gasteiger partial charge >= 0.3 is 0 Å². The van der Waals surface area contributed by atoms with Gasteiger partial charge in [-0.2, -0.15) is 0 Å². The largest absolute Gasteiger partial charge is 0.363 e. The highest BCUT2D eigenvalue weighted by Gasteiger charge is 2.44. The molecule has 0 amide bonds. The van der Waals surface area contributed by atoms with E-state index in [1.54, 1.807) is 0 Å². The van der Waals surface area contributed by atoms with Crippen molar-refractivity contribution in [2.24, 2.45) is 5.41 Å².